The molecule has 2 heterocycles. The monoisotopic (exact) mass is 414 g/mol. The minimum atomic E-state index is -0.0956. The van der Waals surface area contributed by atoms with Crippen molar-refractivity contribution in [3.8, 4) is 11.3 Å². The van der Waals surface area contributed by atoms with E-state index >= 15 is 0 Å². The number of anilines is 1. The smallest absolute Gasteiger partial charge is 0.251 e. The highest BCUT2D eigenvalue weighted by Gasteiger charge is 2.19. The molecule has 1 aliphatic heterocycles. The Bertz CT molecular complexity index is 1030. The van der Waals surface area contributed by atoms with Gasteiger partial charge in [-0.15, -0.1) is 0 Å². The summed E-state index contributed by atoms with van der Waals surface area (Å²) < 4.78 is 0. The molecule has 158 valence electrons. The molecule has 1 N–H and O–H groups in total. The van der Waals surface area contributed by atoms with Crippen LogP contribution in [-0.2, 0) is 11.3 Å². The molecule has 31 heavy (non-hydrogen) atoms. The topological polar surface area (TPSA) is 65.5 Å². The molecule has 1 fully saturated rings. The molecule has 0 unspecified atom stereocenters. The average molecular weight is 415 g/mol. The van der Waals surface area contributed by atoms with Crippen LogP contribution in [0.15, 0.2) is 72.9 Å². The average Bonchev–Trinajstić information content (AvgIpc) is 2.83. The first kappa shape index (κ1) is 20.6. The number of aromatic nitrogens is 1. The van der Waals surface area contributed by atoms with Crippen molar-refractivity contribution in [3.63, 3.8) is 0 Å². The molecule has 4 rings (SSSR count). The Balaban J connectivity index is 1.30. The summed E-state index contributed by atoms with van der Waals surface area (Å²) in [6, 6.07) is 21.5. The fraction of sp³-hybridized carbons (Fsp3) is 0.240. The molecule has 0 aliphatic carbocycles. The molecule has 0 spiro atoms. The number of amides is 2. The number of hydrogen-bond donors (Lipinski definition) is 1. The second-order valence-electron chi connectivity index (χ2n) is 7.63. The number of nitrogens with zero attached hydrogens (tertiary/aromatic N) is 3. The van der Waals surface area contributed by atoms with Gasteiger partial charge in [-0.1, -0.05) is 30.3 Å². The Morgan fingerprint density at radius 1 is 0.903 bits per heavy atom. The van der Waals surface area contributed by atoms with E-state index in [9.17, 15) is 9.59 Å². The van der Waals surface area contributed by atoms with E-state index in [1.807, 2.05) is 71.6 Å². The van der Waals surface area contributed by atoms with Gasteiger partial charge in [0.2, 0.25) is 5.91 Å². The number of nitrogens with one attached hydrogen (secondary N) is 1. The summed E-state index contributed by atoms with van der Waals surface area (Å²) in [5.74, 6) is 0.0276. The van der Waals surface area contributed by atoms with Crippen molar-refractivity contribution >= 4 is 17.5 Å². The highest BCUT2D eigenvalue weighted by Crippen LogP contribution is 2.19. The summed E-state index contributed by atoms with van der Waals surface area (Å²) in [4.78, 5) is 32.5. The molecule has 0 radical (unpaired) electrons. The van der Waals surface area contributed by atoms with Gasteiger partial charge in [0.05, 0.1) is 5.69 Å². The Kier molecular flexibility index (Phi) is 6.26. The maximum absolute atomic E-state index is 12.5. The van der Waals surface area contributed by atoms with E-state index in [0.717, 1.165) is 48.7 Å². The van der Waals surface area contributed by atoms with Crippen LogP contribution < -0.4 is 10.2 Å². The number of hydrogen-bond acceptors (Lipinski definition) is 4. The molecule has 2 aromatic carbocycles. The minimum absolute atomic E-state index is 0.0956. The molecular weight excluding hydrogens is 388 g/mol. The van der Waals surface area contributed by atoms with E-state index in [4.69, 9.17) is 0 Å². The molecule has 1 aromatic heterocycles. The Labute approximate surface area is 182 Å². The zero-order chi connectivity index (χ0) is 21.6. The summed E-state index contributed by atoms with van der Waals surface area (Å²) in [6.45, 7) is 5.15. The third kappa shape index (κ3) is 5.09. The summed E-state index contributed by atoms with van der Waals surface area (Å²) >= 11 is 0. The van der Waals surface area contributed by atoms with Crippen molar-refractivity contribution < 1.29 is 9.59 Å². The number of piperazine rings is 1. The second-order valence-corrected chi connectivity index (χ2v) is 7.63. The van der Waals surface area contributed by atoms with Crippen molar-refractivity contribution in [1.82, 2.24) is 15.2 Å². The van der Waals surface area contributed by atoms with Gasteiger partial charge in [0, 0.05) is 62.7 Å². The molecular formula is C25H26N4O2. The van der Waals surface area contributed by atoms with E-state index in [2.05, 4.69) is 15.2 Å². The van der Waals surface area contributed by atoms with Crippen LogP contribution in [0.25, 0.3) is 11.3 Å². The number of carbonyl (C=O) groups excluding carboxylic acids is 2. The first-order chi connectivity index (χ1) is 15.1. The van der Waals surface area contributed by atoms with Gasteiger partial charge in [-0.05, 0) is 42.0 Å². The lowest BCUT2D eigenvalue weighted by Gasteiger charge is -2.35. The Morgan fingerprint density at radius 2 is 1.61 bits per heavy atom. The molecule has 0 atom stereocenters. The van der Waals surface area contributed by atoms with Crippen LogP contribution in [0, 0.1) is 0 Å². The number of benzene rings is 2. The van der Waals surface area contributed by atoms with Gasteiger partial charge in [0.15, 0.2) is 0 Å². The van der Waals surface area contributed by atoms with Gasteiger partial charge < -0.3 is 15.1 Å². The van der Waals surface area contributed by atoms with Crippen molar-refractivity contribution in [2.24, 2.45) is 0 Å². The van der Waals surface area contributed by atoms with Crippen LogP contribution in [0.1, 0.15) is 22.8 Å². The van der Waals surface area contributed by atoms with Crippen LogP contribution in [-0.4, -0.2) is 47.9 Å². The summed E-state index contributed by atoms with van der Waals surface area (Å²) in [5.41, 5.74) is 4.73. The molecule has 6 nitrogen and oxygen atoms in total. The highest BCUT2D eigenvalue weighted by molar-refractivity contribution is 5.94. The lowest BCUT2D eigenvalue weighted by Crippen LogP contribution is -2.48. The maximum atomic E-state index is 12.5. The van der Waals surface area contributed by atoms with Crippen molar-refractivity contribution in [3.05, 3.63) is 84.1 Å². The van der Waals surface area contributed by atoms with Gasteiger partial charge in [0.25, 0.3) is 5.91 Å². The van der Waals surface area contributed by atoms with E-state index in [0.29, 0.717) is 12.1 Å². The third-order valence-electron chi connectivity index (χ3n) is 5.59. The summed E-state index contributed by atoms with van der Waals surface area (Å²) in [7, 11) is 0. The lowest BCUT2D eigenvalue weighted by molar-refractivity contribution is -0.129. The predicted molar refractivity (Wildman–Crippen MR) is 122 cm³/mol. The molecule has 1 aliphatic rings. The quantitative estimate of drug-likeness (QED) is 0.695. The van der Waals surface area contributed by atoms with E-state index in [1.165, 1.54) is 0 Å². The molecule has 1 saturated heterocycles. The molecule has 3 aromatic rings. The van der Waals surface area contributed by atoms with Crippen molar-refractivity contribution in [2.45, 2.75) is 13.5 Å². The first-order valence-electron chi connectivity index (χ1n) is 10.5. The van der Waals surface area contributed by atoms with Crippen LogP contribution in [0.3, 0.4) is 0 Å². The van der Waals surface area contributed by atoms with Crippen LogP contribution >= 0.6 is 0 Å². The van der Waals surface area contributed by atoms with Crippen molar-refractivity contribution in [1.29, 1.82) is 0 Å². The standard InChI is InChI=1S/C25H26N4O2/c1-19(30)28-14-16-29(17-15-28)23-11-9-22(10-12-23)25(31)27-18-20-5-7-21(8-6-20)24-4-2-3-13-26-24/h2-13H,14-18H2,1H3,(H,27,31). The zero-order valence-corrected chi connectivity index (χ0v) is 17.6. The third-order valence-corrected chi connectivity index (χ3v) is 5.59. The van der Waals surface area contributed by atoms with Crippen LogP contribution in [0.4, 0.5) is 5.69 Å². The van der Waals surface area contributed by atoms with Crippen LogP contribution in [0.5, 0.6) is 0 Å². The fourth-order valence-electron chi connectivity index (χ4n) is 3.71. The minimum Gasteiger partial charge on any atom is -0.368 e. The molecule has 0 saturated carbocycles. The maximum Gasteiger partial charge on any atom is 0.251 e. The first-order valence-corrected chi connectivity index (χ1v) is 10.5. The highest BCUT2D eigenvalue weighted by atomic mass is 16.2. The number of rotatable bonds is 5. The van der Waals surface area contributed by atoms with E-state index in [-0.39, 0.29) is 11.8 Å². The predicted octanol–water partition coefficient (Wildman–Crippen LogP) is 3.35. The molecule has 2 amide bonds. The second kappa shape index (κ2) is 9.43. The lowest BCUT2D eigenvalue weighted by atomic mass is 10.1. The van der Waals surface area contributed by atoms with E-state index < -0.39 is 0 Å². The van der Waals surface area contributed by atoms with Crippen LogP contribution in [0.2, 0.25) is 0 Å². The van der Waals surface area contributed by atoms with Gasteiger partial charge in [-0.2, -0.15) is 0 Å². The largest absolute Gasteiger partial charge is 0.368 e. The molecule has 6 heteroatoms. The van der Waals surface area contributed by atoms with Gasteiger partial charge in [0.1, 0.15) is 0 Å². The van der Waals surface area contributed by atoms with Crippen molar-refractivity contribution in [2.75, 3.05) is 31.1 Å². The normalized spacial score (nSPS) is 13.7. The number of carbonyl (C=O) groups is 2. The van der Waals surface area contributed by atoms with Gasteiger partial charge >= 0.3 is 0 Å². The Hall–Kier alpha value is -3.67. The fourth-order valence-corrected chi connectivity index (χ4v) is 3.71. The zero-order valence-electron chi connectivity index (χ0n) is 17.6. The van der Waals surface area contributed by atoms with Gasteiger partial charge in [-0.25, -0.2) is 0 Å². The Morgan fingerprint density at radius 3 is 2.23 bits per heavy atom. The van der Waals surface area contributed by atoms with E-state index in [1.54, 1.807) is 13.1 Å². The molecule has 0 bridgehead atoms. The summed E-state index contributed by atoms with van der Waals surface area (Å²) in [5, 5.41) is 2.98. The summed E-state index contributed by atoms with van der Waals surface area (Å²) in [6.07, 6.45) is 1.78. The number of pyridine rings is 1. The van der Waals surface area contributed by atoms with Gasteiger partial charge in [-0.3, -0.25) is 14.6 Å². The SMILES string of the molecule is CC(=O)N1CCN(c2ccc(C(=O)NCc3ccc(-c4ccccn4)cc3)cc2)CC1.